The summed E-state index contributed by atoms with van der Waals surface area (Å²) in [5, 5.41) is 13.0. The van der Waals surface area contributed by atoms with Gasteiger partial charge in [0.15, 0.2) is 0 Å². The van der Waals surface area contributed by atoms with E-state index in [0.29, 0.717) is 55.8 Å². The van der Waals surface area contributed by atoms with E-state index in [1.165, 1.54) is 5.56 Å². The fourth-order valence-electron chi connectivity index (χ4n) is 6.41. The molecule has 43 heavy (non-hydrogen) atoms. The van der Waals surface area contributed by atoms with E-state index < -0.39 is 6.04 Å². The number of H-pyrrole nitrogens is 1. The smallest absolute Gasteiger partial charge is 0.326 e. The highest BCUT2D eigenvalue weighted by molar-refractivity contribution is 9.10. The summed E-state index contributed by atoms with van der Waals surface area (Å²) in [5.74, 6) is 0.385. The van der Waals surface area contributed by atoms with Gasteiger partial charge < -0.3 is 25.2 Å². The zero-order valence-corrected chi connectivity index (χ0v) is 25.4. The van der Waals surface area contributed by atoms with Gasteiger partial charge in [0.05, 0.1) is 15.5 Å². The molecule has 4 aromatic rings. The highest BCUT2D eigenvalue weighted by Gasteiger charge is 2.33. The van der Waals surface area contributed by atoms with Crippen LogP contribution in [0.1, 0.15) is 48.8 Å². The first-order valence-corrected chi connectivity index (χ1v) is 15.6. The van der Waals surface area contributed by atoms with Crippen molar-refractivity contribution < 1.29 is 14.7 Å². The van der Waals surface area contributed by atoms with Crippen LogP contribution in [0.15, 0.2) is 76.3 Å². The lowest BCUT2D eigenvalue weighted by Gasteiger charge is -2.36. The summed E-state index contributed by atoms with van der Waals surface area (Å²) in [6.07, 6.45) is 6.88. The zero-order chi connectivity index (χ0) is 29.9. The normalized spacial score (nSPS) is 17.2. The zero-order valence-electron chi connectivity index (χ0n) is 23.8. The first-order chi connectivity index (χ1) is 20.9. The number of piperidine rings is 2. The van der Waals surface area contributed by atoms with Gasteiger partial charge in [0, 0.05) is 51.0 Å². The molecule has 2 aliphatic heterocycles. The minimum absolute atomic E-state index is 0.0128. The molecule has 6 rings (SSSR count). The third-order valence-electron chi connectivity index (χ3n) is 8.77. The van der Waals surface area contributed by atoms with Crippen LogP contribution in [0.5, 0.6) is 5.75 Å². The largest absolute Gasteiger partial charge is 0.507 e. The molecule has 0 bridgehead atoms. The van der Waals surface area contributed by atoms with Crippen molar-refractivity contribution in [1.82, 2.24) is 29.7 Å². The first kappa shape index (κ1) is 29.0. The topological polar surface area (TPSA) is 124 Å². The molecule has 0 saturated carbocycles. The molecule has 4 heterocycles. The van der Waals surface area contributed by atoms with Gasteiger partial charge in [-0.05, 0) is 95.1 Å². The number of para-hydroxylation sites is 2. The number of aromatic nitrogens is 3. The number of hydrogen-bond donors (Lipinski definition) is 3. The number of rotatable bonds is 6. The number of aromatic hydroxyl groups is 1. The number of fused-ring (bicyclic) bond motifs is 1. The van der Waals surface area contributed by atoms with Gasteiger partial charge in [-0.3, -0.25) is 14.3 Å². The number of pyridine rings is 1. The van der Waals surface area contributed by atoms with Crippen molar-refractivity contribution in [2.75, 3.05) is 26.2 Å². The lowest BCUT2D eigenvalue weighted by atomic mass is 9.89. The van der Waals surface area contributed by atoms with Crippen molar-refractivity contribution in [2.24, 2.45) is 0 Å². The third-order valence-corrected chi connectivity index (χ3v) is 9.41. The number of carbonyl (C=O) groups is 2. The minimum atomic E-state index is -0.754. The molecule has 10 nitrogen and oxygen atoms in total. The number of aromatic amines is 1. The molecule has 2 saturated heterocycles. The van der Waals surface area contributed by atoms with Crippen LogP contribution < -0.4 is 11.0 Å². The SMILES string of the molecule is O=C(N[C@H](Cc1ccc(O)c(Br)c1)C(=O)N1CCC(c2ccncc2)CC1)N1CCC(n2c(=O)[nH]c3ccccc32)CC1. The van der Waals surface area contributed by atoms with Crippen molar-refractivity contribution in [3.05, 3.63) is 93.1 Å². The van der Waals surface area contributed by atoms with Gasteiger partial charge in [0.25, 0.3) is 0 Å². The second-order valence-corrected chi connectivity index (χ2v) is 12.3. The van der Waals surface area contributed by atoms with Gasteiger partial charge in [0.1, 0.15) is 11.8 Å². The Labute approximate surface area is 257 Å². The van der Waals surface area contributed by atoms with Gasteiger partial charge >= 0.3 is 11.7 Å². The number of likely N-dealkylation sites (tertiary alicyclic amines) is 2. The Morgan fingerprint density at radius 2 is 1.67 bits per heavy atom. The van der Waals surface area contributed by atoms with Gasteiger partial charge in [-0.1, -0.05) is 18.2 Å². The highest BCUT2D eigenvalue weighted by atomic mass is 79.9. The van der Waals surface area contributed by atoms with Crippen LogP contribution in [0.3, 0.4) is 0 Å². The molecule has 0 aliphatic carbocycles. The van der Waals surface area contributed by atoms with E-state index in [4.69, 9.17) is 0 Å². The van der Waals surface area contributed by atoms with Gasteiger partial charge in [0.2, 0.25) is 5.91 Å². The summed E-state index contributed by atoms with van der Waals surface area (Å²) in [4.78, 5) is 50.7. The van der Waals surface area contributed by atoms with Crippen LogP contribution in [0.2, 0.25) is 0 Å². The number of halogens is 1. The lowest BCUT2D eigenvalue weighted by Crippen LogP contribution is -2.55. The summed E-state index contributed by atoms with van der Waals surface area (Å²) in [5.41, 5.74) is 3.60. The average molecular weight is 648 g/mol. The number of phenols is 1. The van der Waals surface area contributed by atoms with Crippen molar-refractivity contribution >= 4 is 38.9 Å². The molecule has 11 heteroatoms. The van der Waals surface area contributed by atoms with Crippen LogP contribution in [-0.4, -0.2) is 73.6 Å². The molecule has 2 fully saturated rings. The Morgan fingerprint density at radius 3 is 2.40 bits per heavy atom. The molecule has 2 aliphatic rings. The predicted molar refractivity (Wildman–Crippen MR) is 167 cm³/mol. The molecule has 0 unspecified atom stereocenters. The van der Waals surface area contributed by atoms with Gasteiger partial charge in [-0.25, -0.2) is 9.59 Å². The minimum Gasteiger partial charge on any atom is -0.507 e. The number of urea groups is 1. The average Bonchev–Trinajstić information content (AvgIpc) is 3.38. The van der Waals surface area contributed by atoms with E-state index in [0.717, 1.165) is 29.4 Å². The van der Waals surface area contributed by atoms with Gasteiger partial charge in [-0.15, -0.1) is 0 Å². The lowest BCUT2D eigenvalue weighted by molar-refractivity contribution is -0.134. The molecule has 224 valence electrons. The van der Waals surface area contributed by atoms with E-state index in [2.05, 4.69) is 31.2 Å². The molecule has 1 atom stereocenters. The third kappa shape index (κ3) is 6.31. The van der Waals surface area contributed by atoms with Crippen molar-refractivity contribution in [3.8, 4) is 5.75 Å². The maximum Gasteiger partial charge on any atom is 0.326 e. The van der Waals surface area contributed by atoms with Crippen LogP contribution in [-0.2, 0) is 11.2 Å². The Morgan fingerprint density at radius 1 is 0.977 bits per heavy atom. The summed E-state index contributed by atoms with van der Waals surface area (Å²) in [6, 6.07) is 15.8. The predicted octanol–water partition coefficient (Wildman–Crippen LogP) is 4.56. The Kier molecular flexibility index (Phi) is 8.51. The molecule has 2 aromatic carbocycles. The van der Waals surface area contributed by atoms with Crippen LogP contribution >= 0.6 is 15.9 Å². The maximum absolute atomic E-state index is 13.9. The second-order valence-electron chi connectivity index (χ2n) is 11.4. The monoisotopic (exact) mass is 646 g/mol. The van der Waals surface area contributed by atoms with E-state index in [-0.39, 0.29) is 29.4 Å². The number of carbonyl (C=O) groups excluding carboxylic acids is 2. The molecule has 2 aromatic heterocycles. The van der Waals surface area contributed by atoms with Crippen LogP contribution in [0.4, 0.5) is 4.79 Å². The summed E-state index contributed by atoms with van der Waals surface area (Å²) in [7, 11) is 0. The summed E-state index contributed by atoms with van der Waals surface area (Å²) < 4.78 is 2.34. The molecule has 0 spiro atoms. The van der Waals surface area contributed by atoms with Crippen LogP contribution in [0.25, 0.3) is 11.0 Å². The maximum atomic E-state index is 13.9. The van der Waals surface area contributed by atoms with Crippen molar-refractivity contribution in [2.45, 2.75) is 50.1 Å². The number of imidazole rings is 1. The molecule has 0 radical (unpaired) electrons. The number of hydrogen-bond acceptors (Lipinski definition) is 5. The first-order valence-electron chi connectivity index (χ1n) is 14.8. The molecular weight excluding hydrogens is 612 g/mol. The number of nitrogens with one attached hydrogen (secondary N) is 2. The second kappa shape index (κ2) is 12.6. The van der Waals surface area contributed by atoms with Crippen molar-refractivity contribution in [1.29, 1.82) is 0 Å². The van der Waals surface area contributed by atoms with E-state index in [1.54, 1.807) is 40.1 Å². The van der Waals surface area contributed by atoms with Crippen molar-refractivity contribution in [3.63, 3.8) is 0 Å². The van der Waals surface area contributed by atoms with Crippen LogP contribution in [0, 0.1) is 0 Å². The summed E-state index contributed by atoms with van der Waals surface area (Å²) in [6.45, 7) is 2.18. The quantitative estimate of drug-likeness (QED) is 0.283. The number of phenolic OH excluding ortho intramolecular Hbond substituents is 1. The fraction of sp³-hybridized carbons (Fsp3) is 0.375. The Balaban J connectivity index is 1.13. The van der Waals surface area contributed by atoms with E-state index >= 15 is 0 Å². The highest BCUT2D eigenvalue weighted by Crippen LogP contribution is 2.29. The molecular formula is C32H35BrN6O4. The van der Waals surface area contributed by atoms with E-state index in [9.17, 15) is 19.5 Å². The Bertz CT molecular complexity index is 1660. The standard InChI is InChI=1S/C32H35BrN6O4/c33-25-19-21(5-6-29(25)40)20-27(30(41)37-15-9-23(10-16-37)22-7-13-34-14-8-22)36-31(42)38-17-11-24(12-18-38)39-28-4-2-1-3-26(28)35-32(39)43/h1-8,13-14,19,23-24,27,40H,9-12,15-18,20H2,(H,35,43)(H,36,42)/t27-/m1/s1. The van der Waals surface area contributed by atoms with E-state index in [1.807, 2.05) is 41.3 Å². The number of benzene rings is 2. The van der Waals surface area contributed by atoms with Gasteiger partial charge in [-0.2, -0.15) is 0 Å². The fourth-order valence-corrected chi connectivity index (χ4v) is 6.83. The summed E-state index contributed by atoms with van der Waals surface area (Å²) >= 11 is 3.36. The number of amides is 3. The molecule has 3 amide bonds. The number of nitrogens with zero attached hydrogens (tertiary/aromatic N) is 4. The Hall–Kier alpha value is -4.12. The molecule has 3 N–H and O–H groups in total.